The maximum atomic E-state index is 12.4. The highest BCUT2D eigenvalue weighted by molar-refractivity contribution is 5.79. The minimum atomic E-state index is -4.39. The van der Waals surface area contributed by atoms with Crippen LogP contribution in [0, 0.1) is 0 Å². The summed E-state index contributed by atoms with van der Waals surface area (Å²) >= 11 is 0. The van der Waals surface area contributed by atoms with Crippen molar-refractivity contribution in [3.05, 3.63) is 35.4 Å². The number of rotatable bonds is 6. The fraction of sp³-hybridized carbons (Fsp3) is 0.429. The normalized spacial score (nSPS) is 11.0. The van der Waals surface area contributed by atoms with Crippen molar-refractivity contribution in [2.75, 3.05) is 13.2 Å². The van der Waals surface area contributed by atoms with Crippen molar-refractivity contribution in [2.24, 2.45) is 0 Å². The minimum Gasteiger partial charge on any atom is -0.466 e. The zero-order valence-electron chi connectivity index (χ0n) is 11.5. The van der Waals surface area contributed by atoms with Gasteiger partial charge in [-0.2, -0.15) is 13.2 Å². The molecule has 1 amide bonds. The molecule has 7 heteroatoms. The van der Waals surface area contributed by atoms with E-state index in [2.05, 4.69) is 5.32 Å². The predicted octanol–water partition coefficient (Wildman–Crippen LogP) is 2.32. The fourth-order valence-corrected chi connectivity index (χ4v) is 1.60. The molecule has 0 heterocycles. The van der Waals surface area contributed by atoms with Crippen molar-refractivity contribution in [3.8, 4) is 0 Å². The predicted molar refractivity (Wildman–Crippen MR) is 69.4 cm³/mol. The number of carbonyl (C=O) groups excluding carboxylic acids is 2. The molecule has 1 N–H and O–H groups in total. The van der Waals surface area contributed by atoms with Crippen LogP contribution in [0.4, 0.5) is 13.2 Å². The lowest BCUT2D eigenvalue weighted by Gasteiger charge is -2.08. The van der Waals surface area contributed by atoms with Crippen molar-refractivity contribution in [1.29, 1.82) is 0 Å². The lowest BCUT2D eigenvalue weighted by molar-refractivity contribution is -0.143. The molecule has 0 saturated carbocycles. The first-order valence-corrected chi connectivity index (χ1v) is 6.41. The molecule has 0 radical (unpaired) electrons. The van der Waals surface area contributed by atoms with Gasteiger partial charge in [-0.15, -0.1) is 0 Å². The van der Waals surface area contributed by atoms with Crippen molar-refractivity contribution >= 4 is 11.9 Å². The van der Waals surface area contributed by atoms with Crippen LogP contribution in [0.15, 0.2) is 24.3 Å². The van der Waals surface area contributed by atoms with E-state index in [1.807, 2.05) is 0 Å². The number of esters is 1. The molecular weight excluding hydrogens is 287 g/mol. The Hall–Kier alpha value is -2.05. The van der Waals surface area contributed by atoms with Gasteiger partial charge < -0.3 is 10.1 Å². The van der Waals surface area contributed by atoms with Crippen LogP contribution in [-0.4, -0.2) is 25.0 Å². The maximum Gasteiger partial charge on any atom is 0.416 e. The number of amides is 1. The van der Waals surface area contributed by atoms with E-state index in [0.717, 1.165) is 12.1 Å². The smallest absolute Gasteiger partial charge is 0.416 e. The molecule has 1 rings (SSSR count). The third-order valence-corrected chi connectivity index (χ3v) is 2.60. The quantitative estimate of drug-likeness (QED) is 0.821. The highest BCUT2D eigenvalue weighted by Gasteiger charge is 2.29. The number of carbonyl (C=O) groups is 2. The minimum absolute atomic E-state index is 0.0407. The number of hydrogen-bond acceptors (Lipinski definition) is 3. The van der Waals surface area contributed by atoms with Gasteiger partial charge in [-0.1, -0.05) is 12.1 Å². The van der Waals surface area contributed by atoms with E-state index in [4.69, 9.17) is 4.74 Å². The van der Waals surface area contributed by atoms with Gasteiger partial charge in [0.05, 0.1) is 25.0 Å². The van der Waals surface area contributed by atoms with Crippen molar-refractivity contribution in [3.63, 3.8) is 0 Å². The van der Waals surface area contributed by atoms with Gasteiger partial charge in [-0.3, -0.25) is 9.59 Å². The van der Waals surface area contributed by atoms with Crippen LogP contribution < -0.4 is 5.32 Å². The van der Waals surface area contributed by atoms with Gasteiger partial charge in [0.25, 0.3) is 0 Å². The van der Waals surface area contributed by atoms with Gasteiger partial charge in [0.1, 0.15) is 0 Å². The Bertz CT molecular complexity index is 483. The Morgan fingerprint density at radius 1 is 1.19 bits per heavy atom. The molecule has 0 atom stereocenters. The number of alkyl halides is 3. The lowest BCUT2D eigenvalue weighted by atomic mass is 10.1. The van der Waals surface area contributed by atoms with Crippen LogP contribution in [0.5, 0.6) is 0 Å². The molecule has 0 fully saturated rings. The zero-order chi connectivity index (χ0) is 15.9. The molecule has 21 heavy (non-hydrogen) atoms. The Morgan fingerprint density at radius 2 is 1.81 bits per heavy atom. The standard InChI is InChI=1S/C14H16F3NO3/c1-2-21-13(20)7-8-18-12(19)9-10-3-5-11(6-4-10)14(15,16)17/h3-6H,2,7-9H2,1H3,(H,18,19). The average molecular weight is 303 g/mol. The first-order valence-electron chi connectivity index (χ1n) is 6.41. The number of halogens is 3. The van der Waals surface area contributed by atoms with E-state index >= 15 is 0 Å². The Labute approximate surface area is 120 Å². The Balaban J connectivity index is 2.40. The molecular formula is C14H16F3NO3. The number of hydrogen-bond donors (Lipinski definition) is 1. The summed E-state index contributed by atoms with van der Waals surface area (Å²) in [6.45, 7) is 2.09. The summed E-state index contributed by atoms with van der Waals surface area (Å²) in [4.78, 5) is 22.6. The summed E-state index contributed by atoms with van der Waals surface area (Å²) in [5.41, 5.74) is -0.286. The maximum absolute atomic E-state index is 12.4. The Kier molecular flexibility index (Phi) is 6.20. The fourth-order valence-electron chi connectivity index (χ4n) is 1.60. The molecule has 1 aromatic rings. The summed E-state index contributed by atoms with van der Waals surface area (Å²) in [5, 5.41) is 2.50. The number of nitrogens with one attached hydrogen (secondary N) is 1. The molecule has 1 aromatic carbocycles. The lowest BCUT2D eigenvalue weighted by Crippen LogP contribution is -2.28. The van der Waals surface area contributed by atoms with Gasteiger partial charge in [0.15, 0.2) is 0 Å². The van der Waals surface area contributed by atoms with Gasteiger partial charge in [-0.25, -0.2) is 0 Å². The third-order valence-electron chi connectivity index (χ3n) is 2.60. The summed E-state index contributed by atoms with van der Waals surface area (Å²) in [7, 11) is 0. The van der Waals surface area contributed by atoms with Gasteiger partial charge in [0, 0.05) is 6.54 Å². The van der Waals surface area contributed by atoms with E-state index in [-0.39, 0.29) is 31.9 Å². The molecule has 116 valence electrons. The first-order chi connectivity index (χ1) is 9.82. The first kappa shape index (κ1) is 17.0. The van der Waals surface area contributed by atoms with Crippen molar-refractivity contribution < 1.29 is 27.5 Å². The monoisotopic (exact) mass is 303 g/mol. The van der Waals surface area contributed by atoms with Crippen LogP contribution in [0.3, 0.4) is 0 Å². The highest BCUT2D eigenvalue weighted by Crippen LogP contribution is 2.29. The van der Waals surface area contributed by atoms with Gasteiger partial charge in [0.2, 0.25) is 5.91 Å². The third kappa shape index (κ3) is 6.29. The molecule has 0 aromatic heterocycles. The van der Waals surface area contributed by atoms with Gasteiger partial charge in [-0.05, 0) is 24.6 Å². The molecule has 0 unspecified atom stereocenters. The molecule has 0 bridgehead atoms. The van der Waals surface area contributed by atoms with E-state index in [1.54, 1.807) is 6.92 Å². The van der Waals surface area contributed by atoms with Crippen molar-refractivity contribution in [1.82, 2.24) is 5.32 Å². The van der Waals surface area contributed by atoms with E-state index < -0.39 is 17.7 Å². The largest absolute Gasteiger partial charge is 0.466 e. The highest BCUT2D eigenvalue weighted by atomic mass is 19.4. The zero-order valence-corrected chi connectivity index (χ0v) is 11.5. The molecule has 0 aliphatic carbocycles. The number of ether oxygens (including phenoxy) is 1. The molecule has 0 aliphatic rings. The van der Waals surface area contributed by atoms with Crippen LogP contribution in [0.2, 0.25) is 0 Å². The van der Waals surface area contributed by atoms with E-state index in [9.17, 15) is 22.8 Å². The molecule has 0 aliphatic heterocycles. The summed E-state index contributed by atoms with van der Waals surface area (Å²) in [6, 6.07) is 4.38. The second kappa shape index (κ2) is 7.66. The summed E-state index contributed by atoms with van der Waals surface area (Å²) < 4.78 is 41.8. The van der Waals surface area contributed by atoms with Crippen LogP contribution in [0.25, 0.3) is 0 Å². The van der Waals surface area contributed by atoms with Crippen LogP contribution in [-0.2, 0) is 26.9 Å². The molecule has 4 nitrogen and oxygen atoms in total. The second-order valence-electron chi connectivity index (χ2n) is 4.28. The number of benzene rings is 1. The second-order valence-corrected chi connectivity index (χ2v) is 4.28. The van der Waals surface area contributed by atoms with E-state index in [1.165, 1.54) is 12.1 Å². The van der Waals surface area contributed by atoms with Gasteiger partial charge >= 0.3 is 12.1 Å². The topological polar surface area (TPSA) is 55.4 Å². The molecule has 0 saturated heterocycles. The Morgan fingerprint density at radius 3 is 2.33 bits per heavy atom. The van der Waals surface area contributed by atoms with Crippen molar-refractivity contribution in [2.45, 2.75) is 25.9 Å². The summed E-state index contributed by atoms with van der Waals surface area (Å²) in [5.74, 6) is -0.772. The summed E-state index contributed by atoms with van der Waals surface area (Å²) in [6.07, 6.45) is -4.37. The van der Waals surface area contributed by atoms with E-state index in [0.29, 0.717) is 5.56 Å². The average Bonchev–Trinajstić information content (AvgIpc) is 2.38. The van der Waals surface area contributed by atoms with Crippen LogP contribution >= 0.6 is 0 Å². The molecule has 0 spiro atoms. The SMILES string of the molecule is CCOC(=O)CCNC(=O)Cc1ccc(C(F)(F)F)cc1. The van der Waals surface area contributed by atoms with Crippen LogP contribution in [0.1, 0.15) is 24.5 Å².